The van der Waals surface area contributed by atoms with Crippen LogP contribution in [0.3, 0.4) is 0 Å². The fourth-order valence-electron chi connectivity index (χ4n) is 2.33. The van der Waals surface area contributed by atoms with Gasteiger partial charge in [-0.05, 0) is 36.1 Å². The van der Waals surface area contributed by atoms with Crippen LogP contribution < -0.4 is 11.3 Å². The molecule has 1 heterocycles. The minimum absolute atomic E-state index is 0.0838. The van der Waals surface area contributed by atoms with Crippen molar-refractivity contribution in [1.29, 1.82) is 0 Å². The Morgan fingerprint density at radius 2 is 1.79 bits per heavy atom. The van der Waals surface area contributed by atoms with Crippen LogP contribution >= 0.6 is 0 Å². The number of nitrogen functional groups attached to an aromatic ring is 1. The molecular weight excluding hydrogens is 236 g/mol. The second kappa shape index (κ2) is 4.28. The first-order chi connectivity index (χ1) is 9.16. The Bertz CT molecular complexity index is 818. The van der Waals surface area contributed by atoms with Crippen molar-refractivity contribution in [3.63, 3.8) is 0 Å². The fourth-order valence-corrected chi connectivity index (χ4v) is 2.33. The van der Waals surface area contributed by atoms with Crippen molar-refractivity contribution in [3.8, 4) is 11.3 Å². The zero-order valence-electron chi connectivity index (χ0n) is 10.6. The van der Waals surface area contributed by atoms with Gasteiger partial charge in [-0.1, -0.05) is 30.3 Å². The van der Waals surface area contributed by atoms with Gasteiger partial charge in [-0.15, -0.1) is 0 Å². The first-order valence-corrected chi connectivity index (χ1v) is 6.14. The molecule has 0 aliphatic heterocycles. The number of fused-ring (bicyclic) bond motifs is 1. The van der Waals surface area contributed by atoms with Gasteiger partial charge in [0.15, 0.2) is 0 Å². The molecule has 0 saturated carbocycles. The van der Waals surface area contributed by atoms with Crippen molar-refractivity contribution >= 4 is 16.5 Å². The molecule has 3 heteroatoms. The number of hydrogen-bond donors (Lipinski definition) is 2. The van der Waals surface area contributed by atoms with Crippen LogP contribution in [0, 0.1) is 6.92 Å². The number of nitrogens with two attached hydrogens (primary N) is 1. The number of hydrogen-bond acceptors (Lipinski definition) is 2. The van der Waals surface area contributed by atoms with Crippen molar-refractivity contribution in [2.24, 2.45) is 0 Å². The Morgan fingerprint density at radius 1 is 1.00 bits per heavy atom. The lowest BCUT2D eigenvalue weighted by Crippen LogP contribution is -2.08. The Morgan fingerprint density at radius 3 is 2.58 bits per heavy atom. The van der Waals surface area contributed by atoms with Crippen LogP contribution in [0.1, 0.15) is 5.56 Å². The molecule has 19 heavy (non-hydrogen) atoms. The normalized spacial score (nSPS) is 10.8. The summed E-state index contributed by atoms with van der Waals surface area (Å²) >= 11 is 0. The topological polar surface area (TPSA) is 58.9 Å². The third-order valence-electron chi connectivity index (χ3n) is 3.36. The molecular formula is C16H14N2O. The second-order valence-electron chi connectivity index (χ2n) is 4.64. The highest BCUT2D eigenvalue weighted by molar-refractivity contribution is 5.89. The van der Waals surface area contributed by atoms with E-state index in [1.165, 1.54) is 0 Å². The quantitative estimate of drug-likeness (QED) is 0.652. The van der Waals surface area contributed by atoms with E-state index in [2.05, 4.69) is 4.98 Å². The van der Waals surface area contributed by atoms with Crippen molar-refractivity contribution in [3.05, 3.63) is 64.4 Å². The summed E-state index contributed by atoms with van der Waals surface area (Å²) in [4.78, 5) is 15.0. The highest BCUT2D eigenvalue weighted by Crippen LogP contribution is 2.26. The summed E-state index contributed by atoms with van der Waals surface area (Å²) in [5, 5.41) is 1.67. The van der Waals surface area contributed by atoms with Gasteiger partial charge in [0.25, 0.3) is 5.56 Å². The molecule has 0 fully saturated rings. The second-order valence-corrected chi connectivity index (χ2v) is 4.64. The first-order valence-electron chi connectivity index (χ1n) is 6.14. The van der Waals surface area contributed by atoms with E-state index in [-0.39, 0.29) is 5.56 Å². The number of aromatic amines is 1. The van der Waals surface area contributed by atoms with Gasteiger partial charge in [0, 0.05) is 16.6 Å². The predicted octanol–water partition coefficient (Wildman–Crippen LogP) is 3.09. The summed E-state index contributed by atoms with van der Waals surface area (Å²) in [6, 6.07) is 15.2. The number of anilines is 1. The number of pyridine rings is 1. The number of benzene rings is 2. The van der Waals surface area contributed by atoms with E-state index < -0.39 is 0 Å². The largest absolute Gasteiger partial charge is 0.398 e. The van der Waals surface area contributed by atoms with Gasteiger partial charge >= 0.3 is 0 Å². The monoisotopic (exact) mass is 250 g/mol. The molecule has 1 aromatic heterocycles. The molecule has 0 bridgehead atoms. The molecule has 0 atom stereocenters. The minimum atomic E-state index is -0.0838. The highest BCUT2D eigenvalue weighted by Gasteiger charge is 2.07. The maximum atomic E-state index is 12.1. The highest BCUT2D eigenvalue weighted by atomic mass is 16.1. The summed E-state index contributed by atoms with van der Waals surface area (Å²) in [7, 11) is 0. The Labute approximate surface area is 110 Å². The summed E-state index contributed by atoms with van der Waals surface area (Å²) in [5.41, 5.74) is 9.23. The smallest absolute Gasteiger partial charge is 0.256 e. The van der Waals surface area contributed by atoms with Gasteiger partial charge in [-0.2, -0.15) is 0 Å². The number of aromatic nitrogens is 1. The van der Waals surface area contributed by atoms with Gasteiger partial charge in [0.05, 0.1) is 5.69 Å². The van der Waals surface area contributed by atoms with Crippen molar-refractivity contribution in [2.45, 2.75) is 6.92 Å². The van der Waals surface area contributed by atoms with Gasteiger partial charge in [-0.25, -0.2) is 0 Å². The van der Waals surface area contributed by atoms with E-state index >= 15 is 0 Å². The Hall–Kier alpha value is -2.55. The molecule has 0 aliphatic rings. The number of rotatable bonds is 1. The van der Waals surface area contributed by atoms with Crippen LogP contribution in [0.2, 0.25) is 0 Å². The van der Waals surface area contributed by atoms with Crippen molar-refractivity contribution in [1.82, 2.24) is 4.98 Å². The lowest BCUT2D eigenvalue weighted by atomic mass is 10.0. The number of aryl methyl sites for hydroxylation is 1. The molecule has 0 aliphatic carbocycles. The van der Waals surface area contributed by atoms with Crippen molar-refractivity contribution in [2.75, 3.05) is 5.73 Å². The molecule has 3 rings (SSSR count). The molecule has 0 unspecified atom stereocenters. The molecule has 94 valence electrons. The Balaban J connectivity index is 2.36. The van der Waals surface area contributed by atoms with Crippen LogP contribution in [0.25, 0.3) is 22.0 Å². The van der Waals surface area contributed by atoms with Crippen LogP contribution in [0.5, 0.6) is 0 Å². The van der Waals surface area contributed by atoms with Gasteiger partial charge in [0.1, 0.15) is 0 Å². The molecule has 2 aromatic carbocycles. The van der Waals surface area contributed by atoms with Crippen LogP contribution in [-0.2, 0) is 0 Å². The van der Waals surface area contributed by atoms with E-state index in [0.29, 0.717) is 11.1 Å². The lowest BCUT2D eigenvalue weighted by Gasteiger charge is -2.08. The molecule has 0 radical (unpaired) electrons. The Kier molecular flexibility index (Phi) is 2.60. The zero-order chi connectivity index (χ0) is 13.4. The van der Waals surface area contributed by atoms with E-state index in [1.807, 2.05) is 55.5 Å². The van der Waals surface area contributed by atoms with E-state index in [4.69, 9.17) is 5.73 Å². The number of nitrogens with one attached hydrogen (secondary N) is 1. The maximum Gasteiger partial charge on any atom is 0.256 e. The predicted molar refractivity (Wildman–Crippen MR) is 79.2 cm³/mol. The first kappa shape index (κ1) is 11.5. The molecule has 0 spiro atoms. The SMILES string of the molecule is Cc1cccc2c(=O)[nH]c(-c3ccccc3N)cc12. The van der Waals surface area contributed by atoms with Crippen LogP contribution in [-0.4, -0.2) is 4.98 Å². The van der Waals surface area contributed by atoms with Crippen LogP contribution in [0.15, 0.2) is 53.3 Å². The van der Waals surface area contributed by atoms with E-state index in [0.717, 1.165) is 22.2 Å². The summed E-state index contributed by atoms with van der Waals surface area (Å²) in [6.45, 7) is 2.00. The van der Waals surface area contributed by atoms with Crippen LogP contribution in [0.4, 0.5) is 5.69 Å². The standard InChI is InChI=1S/C16H14N2O/c1-10-5-4-7-11-13(10)9-15(18-16(11)19)12-6-2-3-8-14(12)17/h2-9H,17H2,1H3,(H,18,19). The lowest BCUT2D eigenvalue weighted by molar-refractivity contribution is 1.27. The fraction of sp³-hybridized carbons (Fsp3) is 0.0625. The number of para-hydroxylation sites is 1. The molecule has 0 amide bonds. The molecule has 0 saturated heterocycles. The van der Waals surface area contributed by atoms with E-state index in [1.54, 1.807) is 0 Å². The molecule has 3 aromatic rings. The van der Waals surface area contributed by atoms with Gasteiger partial charge in [-0.3, -0.25) is 4.79 Å². The van der Waals surface area contributed by atoms with E-state index in [9.17, 15) is 4.79 Å². The third kappa shape index (κ3) is 1.89. The summed E-state index contributed by atoms with van der Waals surface area (Å²) in [6.07, 6.45) is 0. The third-order valence-corrected chi connectivity index (χ3v) is 3.36. The number of H-pyrrole nitrogens is 1. The summed E-state index contributed by atoms with van der Waals surface area (Å²) in [5.74, 6) is 0. The van der Waals surface area contributed by atoms with Gasteiger partial charge < -0.3 is 10.7 Å². The summed E-state index contributed by atoms with van der Waals surface area (Å²) < 4.78 is 0. The molecule has 3 N–H and O–H groups in total. The maximum absolute atomic E-state index is 12.1. The average Bonchev–Trinajstić information content (AvgIpc) is 2.40. The zero-order valence-corrected chi connectivity index (χ0v) is 10.6. The van der Waals surface area contributed by atoms with Crippen molar-refractivity contribution < 1.29 is 0 Å². The average molecular weight is 250 g/mol. The molecule has 3 nitrogen and oxygen atoms in total. The minimum Gasteiger partial charge on any atom is -0.398 e. The van der Waals surface area contributed by atoms with Gasteiger partial charge in [0.2, 0.25) is 0 Å².